The molecule has 2 heterocycles. The predicted molar refractivity (Wildman–Crippen MR) is 136 cm³/mol. The summed E-state index contributed by atoms with van der Waals surface area (Å²) >= 11 is 1.42. The van der Waals surface area contributed by atoms with Crippen molar-refractivity contribution in [3.63, 3.8) is 0 Å². The molecule has 6 nitrogen and oxygen atoms in total. The summed E-state index contributed by atoms with van der Waals surface area (Å²) in [6, 6.07) is 16.3. The van der Waals surface area contributed by atoms with Crippen molar-refractivity contribution in [1.29, 1.82) is 0 Å². The predicted octanol–water partition coefficient (Wildman–Crippen LogP) is 4.99. The molecule has 35 heavy (non-hydrogen) atoms. The van der Waals surface area contributed by atoms with Crippen molar-refractivity contribution >= 4 is 23.2 Å². The van der Waals surface area contributed by atoms with E-state index >= 15 is 0 Å². The van der Waals surface area contributed by atoms with Gasteiger partial charge >= 0.3 is 0 Å². The van der Waals surface area contributed by atoms with Crippen molar-refractivity contribution in [3.8, 4) is 5.75 Å². The van der Waals surface area contributed by atoms with Gasteiger partial charge in [-0.15, -0.1) is 11.3 Å². The van der Waals surface area contributed by atoms with Gasteiger partial charge in [-0.1, -0.05) is 50.2 Å². The van der Waals surface area contributed by atoms with E-state index in [-0.39, 0.29) is 23.8 Å². The third-order valence-corrected chi connectivity index (χ3v) is 7.31. The van der Waals surface area contributed by atoms with E-state index in [0.717, 1.165) is 47.7 Å². The molecule has 1 aliphatic carbocycles. The van der Waals surface area contributed by atoms with Crippen molar-refractivity contribution in [1.82, 2.24) is 15.2 Å². The second-order valence-corrected chi connectivity index (χ2v) is 10.7. The molecule has 0 spiro atoms. The van der Waals surface area contributed by atoms with Gasteiger partial charge in [-0.2, -0.15) is 0 Å². The zero-order valence-electron chi connectivity index (χ0n) is 20.2. The summed E-state index contributed by atoms with van der Waals surface area (Å²) in [6.45, 7) is 5.77. The van der Waals surface area contributed by atoms with Gasteiger partial charge in [-0.3, -0.25) is 9.59 Å². The number of aromatic nitrogens is 1. The Morgan fingerprint density at radius 2 is 1.97 bits per heavy atom. The molecule has 2 aliphatic rings. The monoisotopic (exact) mass is 489 g/mol. The number of nitrogens with zero attached hydrogens (tertiary/aromatic N) is 2. The highest BCUT2D eigenvalue weighted by molar-refractivity contribution is 7.09. The van der Waals surface area contributed by atoms with E-state index in [1.807, 2.05) is 24.3 Å². The highest BCUT2D eigenvalue weighted by Gasteiger charge is 2.39. The van der Waals surface area contributed by atoms with E-state index in [0.29, 0.717) is 24.8 Å². The molecular weight excluding hydrogens is 458 g/mol. The van der Waals surface area contributed by atoms with Crippen molar-refractivity contribution in [2.45, 2.75) is 45.8 Å². The Kier molecular flexibility index (Phi) is 6.86. The van der Waals surface area contributed by atoms with Gasteiger partial charge in [0.2, 0.25) is 5.91 Å². The van der Waals surface area contributed by atoms with Gasteiger partial charge in [0.1, 0.15) is 23.1 Å². The lowest BCUT2D eigenvalue weighted by Gasteiger charge is -2.38. The first-order valence-corrected chi connectivity index (χ1v) is 13.2. The van der Waals surface area contributed by atoms with Crippen LogP contribution < -0.4 is 10.1 Å². The molecule has 0 unspecified atom stereocenters. The molecule has 2 amide bonds. The Morgan fingerprint density at radius 3 is 2.71 bits per heavy atom. The number of ether oxygens (including phenoxy) is 1. The van der Waals surface area contributed by atoms with Crippen molar-refractivity contribution in [2.75, 3.05) is 13.1 Å². The average molecular weight is 490 g/mol. The SMILES string of the molecule is CC(C)CNC(=O)c1csc(COc2ccc3c(c2)[C@@H](c2ccccc2)N(C(=O)C2CC2)CC3)n1. The fourth-order valence-electron chi connectivity index (χ4n) is 4.49. The zero-order chi connectivity index (χ0) is 24.4. The lowest BCUT2D eigenvalue weighted by atomic mass is 9.87. The van der Waals surface area contributed by atoms with Crippen molar-refractivity contribution in [2.24, 2.45) is 11.8 Å². The zero-order valence-corrected chi connectivity index (χ0v) is 21.0. The summed E-state index contributed by atoms with van der Waals surface area (Å²) in [5.74, 6) is 1.42. The van der Waals surface area contributed by atoms with Gasteiger partial charge in [0.15, 0.2) is 0 Å². The highest BCUT2D eigenvalue weighted by atomic mass is 32.1. The van der Waals surface area contributed by atoms with E-state index < -0.39 is 0 Å². The number of amides is 2. The van der Waals surface area contributed by atoms with Crippen LogP contribution in [0.5, 0.6) is 5.75 Å². The summed E-state index contributed by atoms with van der Waals surface area (Å²) in [7, 11) is 0. The van der Waals surface area contributed by atoms with Crippen LogP contribution in [0.3, 0.4) is 0 Å². The summed E-state index contributed by atoms with van der Waals surface area (Å²) in [4.78, 5) is 31.9. The van der Waals surface area contributed by atoms with E-state index in [1.54, 1.807) is 5.38 Å². The highest BCUT2D eigenvalue weighted by Crippen LogP contribution is 2.41. The molecule has 1 aromatic heterocycles. The lowest BCUT2D eigenvalue weighted by Crippen LogP contribution is -2.41. The molecule has 1 N–H and O–H groups in total. The summed E-state index contributed by atoms with van der Waals surface area (Å²) in [6.07, 6.45) is 2.84. The normalized spacial score (nSPS) is 17.2. The summed E-state index contributed by atoms with van der Waals surface area (Å²) in [5.41, 5.74) is 3.93. The molecule has 182 valence electrons. The van der Waals surface area contributed by atoms with Gasteiger partial charge in [0, 0.05) is 24.4 Å². The first-order valence-electron chi connectivity index (χ1n) is 12.3. The maximum absolute atomic E-state index is 13.1. The van der Waals surface area contributed by atoms with Gasteiger partial charge in [0.25, 0.3) is 5.91 Å². The molecule has 5 rings (SSSR count). The number of hydrogen-bond acceptors (Lipinski definition) is 5. The second-order valence-electron chi connectivity index (χ2n) is 9.75. The molecule has 0 bridgehead atoms. The fourth-order valence-corrected chi connectivity index (χ4v) is 5.18. The second kappa shape index (κ2) is 10.2. The minimum atomic E-state index is -0.152. The van der Waals surface area contributed by atoms with E-state index in [1.165, 1.54) is 16.9 Å². The number of carbonyl (C=O) groups is 2. The van der Waals surface area contributed by atoms with Gasteiger partial charge in [-0.05, 0) is 54.0 Å². The number of thiazole rings is 1. The Morgan fingerprint density at radius 1 is 1.17 bits per heavy atom. The van der Waals surface area contributed by atoms with Crippen LogP contribution in [-0.4, -0.2) is 34.8 Å². The van der Waals surface area contributed by atoms with Crippen LogP contribution in [0.1, 0.15) is 64.9 Å². The molecule has 1 aliphatic heterocycles. The number of nitrogens with one attached hydrogen (secondary N) is 1. The molecule has 1 saturated carbocycles. The molecular formula is C28H31N3O3S. The minimum absolute atomic E-state index is 0.104. The first kappa shape index (κ1) is 23.5. The van der Waals surface area contributed by atoms with Gasteiger partial charge in [0.05, 0.1) is 6.04 Å². The van der Waals surface area contributed by atoms with Crippen molar-refractivity contribution < 1.29 is 14.3 Å². The van der Waals surface area contributed by atoms with Crippen LogP contribution in [-0.2, 0) is 17.8 Å². The van der Waals surface area contributed by atoms with Crippen LogP contribution in [0.4, 0.5) is 0 Å². The number of fused-ring (bicyclic) bond motifs is 1. The Hall–Kier alpha value is -3.19. The lowest BCUT2D eigenvalue weighted by molar-refractivity contribution is -0.134. The van der Waals surface area contributed by atoms with E-state index in [4.69, 9.17) is 4.74 Å². The first-order chi connectivity index (χ1) is 17.0. The van der Waals surface area contributed by atoms with Crippen molar-refractivity contribution in [3.05, 3.63) is 81.3 Å². The van der Waals surface area contributed by atoms with Crippen LogP contribution >= 0.6 is 11.3 Å². The third kappa shape index (κ3) is 5.40. The molecule has 2 aromatic carbocycles. The van der Waals surface area contributed by atoms with Crippen LogP contribution in [0, 0.1) is 11.8 Å². The largest absolute Gasteiger partial charge is 0.486 e. The number of rotatable bonds is 8. The molecule has 7 heteroatoms. The third-order valence-electron chi connectivity index (χ3n) is 6.49. The molecule has 1 fully saturated rings. The quantitative estimate of drug-likeness (QED) is 0.484. The van der Waals surface area contributed by atoms with Crippen LogP contribution in [0.15, 0.2) is 53.9 Å². The smallest absolute Gasteiger partial charge is 0.270 e. The van der Waals surface area contributed by atoms with Crippen LogP contribution in [0.2, 0.25) is 0 Å². The maximum Gasteiger partial charge on any atom is 0.270 e. The number of carbonyl (C=O) groups excluding carboxylic acids is 2. The summed E-state index contributed by atoms with van der Waals surface area (Å²) < 4.78 is 6.10. The van der Waals surface area contributed by atoms with E-state index in [9.17, 15) is 9.59 Å². The minimum Gasteiger partial charge on any atom is -0.486 e. The number of hydrogen-bond donors (Lipinski definition) is 1. The molecule has 0 radical (unpaired) electrons. The average Bonchev–Trinajstić information content (AvgIpc) is 3.62. The Bertz CT molecular complexity index is 1200. The van der Waals surface area contributed by atoms with E-state index in [2.05, 4.69) is 53.3 Å². The summed E-state index contributed by atoms with van der Waals surface area (Å²) in [5, 5.41) is 5.42. The maximum atomic E-state index is 13.1. The molecule has 1 atom stereocenters. The molecule has 3 aromatic rings. The Labute approximate surface area is 210 Å². The molecule has 0 saturated heterocycles. The van der Waals surface area contributed by atoms with Crippen LogP contribution in [0.25, 0.3) is 0 Å². The standard InChI is InChI=1S/C28H31N3O3S/c1-18(2)15-29-27(32)24-17-35-25(30-24)16-34-22-11-10-19-12-13-31(28(33)21-8-9-21)26(23(19)14-22)20-6-4-3-5-7-20/h3-7,10-11,14,17-18,21,26H,8-9,12-13,15-16H2,1-2H3,(H,29,32)/t26-/m1/s1. The number of benzene rings is 2. The fraction of sp³-hybridized carbons (Fsp3) is 0.393. The topological polar surface area (TPSA) is 71.5 Å². The van der Waals surface area contributed by atoms with Gasteiger partial charge in [-0.25, -0.2) is 4.98 Å². The Balaban J connectivity index is 1.34. The van der Waals surface area contributed by atoms with Gasteiger partial charge < -0.3 is 15.0 Å².